The van der Waals surface area contributed by atoms with Gasteiger partial charge in [0, 0.05) is 48.3 Å². The molecule has 2 heterocycles. The third-order valence-electron chi connectivity index (χ3n) is 7.85. The van der Waals surface area contributed by atoms with E-state index < -0.39 is 17.8 Å². The van der Waals surface area contributed by atoms with Crippen molar-refractivity contribution in [3.05, 3.63) is 70.7 Å². The van der Waals surface area contributed by atoms with E-state index in [2.05, 4.69) is 29.5 Å². The molecule has 10 heteroatoms. The SMILES string of the molecule is CCOC(=O)n1cc(C(=O)C(=O)N(C)C)c2cc(C(=O)N3C[C@H](C)C(Cc4ccc(F)cc4)C[C@H]3C)c(CI)cc21. The molecule has 41 heavy (non-hydrogen) atoms. The van der Waals surface area contributed by atoms with E-state index in [-0.39, 0.29) is 35.9 Å². The van der Waals surface area contributed by atoms with E-state index in [9.17, 15) is 23.6 Å². The number of hydrogen-bond donors (Lipinski definition) is 0. The number of nitrogens with zero attached hydrogens (tertiary/aromatic N) is 3. The van der Waals surface area contributed by atoms with Crippen molar-refractivity contribution in [3.8, 4) is 0 Å². The molecule has 0 spiro atoms. The van der Waals surface area contributed by atoms with Gasteiger partial charge in [0.05, 0.1) is 17.7 Å². The Balaban J connectivity index is 1.70. The van der Waals surface area contributed by atoms with Gasteiger partial charge in [-0.2, -0.15) is 0 Å². The summed E-state index contributed by atoms with van der Waals surface area (Å²) in [6.45, 7) is 6.54. The molecule has 0 radical (unpaired) electrons. The zero-order valence-corrected chi connectivity index (χ0v) is 26.1. The minimum Gasteiger partial charge on any atom is -0.449 e. The highest BCUT2D eigenvalue weighted by molar-refractivity contribution is 14.1. The van der Waals surface area contributed by atoms with E-state index in [0.29, 0.717) is 33.4 Å². The molecule has 3 aromatic rings. The molecule has 1 unspecified atom stereocenters. The lowest BCUT2D eigenvalue weighted by atomic mass is 9.79. The second kappa shape index (κ2) is 12.7. The molecule has 8 nitrogen and oxygen atoms in total. The minimum absolute atomic E-state index is 0.0394. The van der Waals surface area contributed by atoms with Gasteiger partial charge < -0.3 is 14.5 Å². The minimum atomic E-state index is -0.771. The molecule has 2 amide bonds. The molecule has 1 aliphatic heterocycles. The molecular formula is C31H35FIN3O5. The van der Waals surface area contributed by atoms with Crippen molar-refractivity contribution in [3.63, 3.8) is 0 Å². The number of rotatable bonds is 7. The van der Waals surface area contributed by atoms with Crippen molar-refractivity contribution >= 4 is 57.2 Å². The van der Waals surface area contributed by atoms with E-state index in [1.54, 1.807) is 19.1 Å². The van der Waals surface area contributed by atoms with E-state index in [1.807, 2.05) is 24.0 Å². The Morgan fingerprint density at radius 2 is 1.76 bits per heavy atom. The lowest BCUT2D eigenvalue weighted by molar-refractivity contribution is -0.124. The highest BCUT2D eigenvalue weighted by Crippen LogP contribution is 2.34. The van der Waals surface area contributed by atoms with E-state index in [1.165, 1.54) is 41.9 Å². The van der Waals surface area contributed by atoms with Crippen LogP contribution >= 0.6 is 22.6 Å². The number of hydrogen-bond acceptors (Lipinski definition) is 5. The first kappa shape index (κ1) is 30.7. The maximum atomic E-state index is 14.1. The first-order valence-corrected chi connectivity index (χ1v) is 15.2. The molecular weight excluding hydrogens is 640 g/mol. The summed E-state index contributed by atoms with van der Waals surface area (Å²) in [6.07, 6.45) is 2.26. The highest BCUT2D eigenvalue weighted by Gasteiger charge is 2.35. The standard InChI is InChI=1S/C31H35FIN3O5/c1-6-41-31(40)36-17-26(28(37)30(39)34(4)5)25-14-24(22(15-33)13-27(25)36)29(38)35-16-18(2)21(11-19(35)3)12-20-7-9-23(32)10-8-20/h7-10,13-14,17-19,21H,6,11-12,15-16H2,1-5H3/t18-,19+,21?/m0/s1. The Labute approximate surface area is 252 Å². The number of fused-ring (bicyclic) bond motifs is 1. The van der Waals surface area contributed by atoms with Crippen LogP contribution in [0.2, 0.25) is 0 Å². The van der Waals surface area contributed by atoms with Crippen molar-refractivity contribution in [1.82, 2.24) is 14.4 Å². The van der Waals surface area contributed by atoms with Crippen molar-refractivity contribution in [2.75, 3.05) is 27.2 Å². The van der Waals surface area contributed by atoms with Gasteiger partial charge >= 0.3 is 6.09 Å². The Bertz CT molecular complexity index is 1480. The number of Topliss-reactive ketones (excluding diaryl/α,β-unsaturated/α-hetero) is 1. The first-order valence-electron chi connectivity index (χ1n) is 13.7. The molecule has 1 fully saturated rings. The molecule has 3 atom stereocenters. The lowest BCUT2D eigenvalue weighted by Crippen LogP contribution is -2.48. The van der Waals surface area contributed by atoms with Gasteiger partial charge in [-0.1, -0.05) is 41.6 Å². The molecule has 0 N–H and O–H groups in total. The van der Waals surface area contributed by atoms with Gasteiger partial charge in [0.2, 0.25) is 0 Å². The lowest BCUT2D eigenvalue weighted by Gasteiger charge is -2.42. The summed E-state index contributed by atoms with van der Waals surface area (Å²) in [4.78, 5) is 55.6. The number of alkyl halides is 1. The number of ketones is 1. The quantitative estimate of drug-likeness (QED) is 0.138. The van der Waals surface area contributed by atoms with Crippen molar-refractivity contribution in [1.29, 1.82) is 0 Å². The van der Waals surface area contributed by atoms with Gasteiger partial charge in [-0.05, 0) is 73.9 Å². The van der Waals surface area contributed by atoms with Crippen LogP contribution < -0.4 is 0 Å². The summed E-state index contributed by atoms with van der Waals surface area (Å²) in [5.74, 6) is -1.36. The fourth-order valence-electron chi connectivity index (χ4n) is 5.55. The second-order valence-electron chi connectivity index (χ2n) is 10.9. The zero-order chi connectivity index (χ0) is 30.0. The van der Waals surface area contributed by atoms with Gasteiger partial charge in [0.15, 0.2) is 0 Å². The van der Waals surface area contributed by atoms with Gasteiger partial charge in [-0.3, -0.25) is 19.0 Å². The van der Waals surface area contributed by atoms with Crippen LogP contribution in [0, 0.1) is 17.7 Å². The number of halogens is 2. The molecule has 1 saturated heterocycles. The number of ether oxygens (including phenoxy) is 1. The van der Waals surface area contributed by atoms with Crippen LogP contribution in [-0.4, -0.2) is 71.3 Å². The molecule has 1 aromatic heterocycles. The highest BCUT2D eigenvalue weighted by atomic mass is 127. The molecule has 1 aliphatic rings. The van der Waals surface area contributed by atoms with Crippen LogP contribution in [0.5, 0.6) is 0 Å². The Morgan fingerprint density at radius 1 is 1.07 bits per heavy atom. The molecule has 0 bridgehead atoms. The molecule has 0 aliphatic carbocycles. The maximum Gasteiger partial charge on any atom is 0.418 e. The molecule has 218 valence electrons. The average molecular weight is 676 g/mol. The van der Waals surface area contributed by atoms with E-state index >= 15 is 0 Å². The van der Waals surface area contributed by atoms with Crippen molar-refractivity contribution in [2.24, 2.45) is 11.8 Å². The summed E-state index contributed by atoms with van der Waals surface area (Å²) < 4.78 is 20.3. The summed E-state index contributed by atoms with van der Waals surface area (Å²) in [7, 11) is 2.96. The van der Waals surface area contributed by atoms with Gasteiger partial charge in [-0.25, -0.2) is 9.18 Å². The number of aromatic nitrogens is 1. The van der Waals surface area contributed by atoms with Crippen molar-refractivity contribution in [2.45, 2.75) is 44.1 Å². The van der Waals surface area contributed by atoms with Crippen molar-refractivity contribution < 1.29 is 28.3 Å². The van der Waals surface area contributed by atoms with Gasteiger partial charge in [-0.15, -0.1) is 0 Å². The van der Waals surface area contributed by atoms with Crippen LogP contribution in [0.15, 0.2) is 42.6 Å². The van der Waals surface area contributed by atoms with Crippen LogP contribution in [-0.2, 0) is 20.4 Å². The second-order valence-corrected chi connectivity index (χ2v) is 11.7. The third kappa shape index (κ3) is 6.32. The van der Waals surface area contributed by atoms with Gasteiger partial charge in [0.1, 0.15) is 5.82 Å². The van der Waals surface area contributed by atoms with Crippen LogP contribution in [0.1, 0.15) is 59.0 Å². The Kier molecular flexibility index (Phi) is 9.51. The number of piperidine rings is 1. The van der Waals surface area contributed by atoms with Crippen LogP contribution in [0.4, 0.5) is 9.18 Å². The zero-order valence-electron chi connectivity index (χ0n) is 23.9. The van der Waals surface area contributed by atoms with E-state index in [0.717, 1.165) is 24.0 Å². The third-order valence-corrected chi connectivity index (χ3v) is 8.67. The number of benzene rings is 2. The Morgan fingerprint density at radius 3 is 2.37 bits per heavy atom. The summed E-state index contributed by atoms with van der Waals surface area (Å²) >= 11 is 2.18. The van der Waals surface area contributed by atoms with Gasteiger partial charge in [0.25, 0.3) is 17.6 Å². The van der Waals surface area contributed by atoms with Crippen LogP contribution in [0.25, 0.3) is 10.9 Å². The fraction of sp³-hybridized carbons (Fsp3) is 0.419. The molecule has 0 saturated carbocycles. The fourth-order valence-corrected chi connectivity index (χ4v) is 6.18. The predicted octanol–water partition coefficient (Wildman–Crippen LogP) is 5.72. The number of carbonyl (C=O) groups is 4. The Hall–Kier alpha value is -3.28. The topological polar surface area (TPSA) is 88.9 Å². The smallest absolute Gasteiger partial charge is 0.418 e. The normalized spacial score (nSPS) is 18.8. The summed E-state index contributed by atoms with van der Waals surface area (Å²) in [5.41, 5.74) is 2.68. The number of likely N-dealkylation sites (N-methyl/N-ethyl adjacent to an activating group) is 1. The number of likely N-dealkylation sites (tertiary alicyclic amines) is 1. The van der Waals surface area contributed by atoms with E-state index in [4.69, 9.17) is 4.74 Å². The number of amides is 2. The largest absolute Gasteiger partial charge is 0.449 e. The first-order chi connectivity index (χ1) is 19.5. The predicted molar refractivity (Wildman–Crippen MR) is 163 cm³/mol. The average Bonchev–Trinajstić information content (AvgIpc) is 3.32. The molecule has 4 rings (SSSR count). The maximum absolute atomic E-state index is 14.1. The number of carbonyl (C=O) groups excluding carboxylic acids is 4. The monoisotopic (exact) mass is 675 g/mol. The summed E-state index contributed by atoms with van der Waals surface area (Å²) in [5, 5.41) is 0.349. The van der Waals surface area contributed by atoms with Crippen LogP contribution in [0.3, 0.4) is 0 Å². The molecule has 2 aromatic carbocycles. The summed E-state index contributed by atoms with van der Waals surface area (Å²) in [6, 6.07) is 9.91.